The lowest BCUT2D eigenvalue weighted by atomic mass is 9.95. The Morgan fingerprint density at radius 3 is 2.62 bits per heavy atom. The van der Waals surface area contributed by atoms with E-state index in [1.165, 1.54) is 4.90 Å². The maximum absolute atomic E-state index is 13.5. The van der Waals surface area contributed by atoms with Crippen molar-refractivity contribution < 1.29 is 13.9 Å². The average Bonchev–Trinajstić information content (AvgIpc) is 3.16. The Hall–Kier alpha value is -1.19. The van der Waals surface area contributed by atoms with Crippen LogP contribution in [0.5, 0.6) is 0 Å². The molecule has 3 aliphatic rings. The quantitative estimate of drug-likeness (QED) is 0.833. The molecule has 1 aliphatic heterocycles. The van der Waals surface area contributed by atoms with Gasteiger partial charge in [0.2, 0.25) is 5.91 Å². The second-order valence-electron chi connectivity index (χ2n) is 7.92. The number of nitrogens with zero attached hydrogens (tertiary/aromatic N) is 2. The van der Waals surface area contributed by atoms with Gasteiger partial charge in [-0.15, -0.1) is 0 Å². The molecule has 3 rings (SSSR count). The van der Waals surface area contributed by atoms with Crippen molar-refractivity contribution in [1.29, 1.82) is 5.26 Å². The van der Waals surface area contributed by atoms with E-state index >= 15 is 0 Å². The summed E-state index contributed by atoms with van der Waals surface area (Å²) < 4.78 is 19.2. The molecular weight excluding hydrogens is 309 g/mol. The Balaban J connectivity index is 1.49. The minimum atomic E-state index is -1.07. The van der Waals surface area contributed by atoms with E-state index in [9.17, 15) is 9.18 Å². The maximum Gasteiger partial charge on any atom is 0.237 e. The third-order valence-electron chi connectivity index (χ3n) is 6.01. The molecule has 6 atom stereocenters. The Labute approximate surface area is 143 Å². The van der Waals surface area contributed by atoms with Gasteiger partial charge in [-0.3, -0.25) is 4.79 Å². The van der Waals surface area contributed by atoms with Crippen molar-refractivity contribution in [1.82, 2.24) is 10.2 Å². The lowest BCUT2D eigenvalue weighted by Crippen LogP contribution is -2.48. The number of fused-ring (bicyclic) bond motifs is 1. The number of amides is 1. The van der Waals surface area contributed by atoms with Gasteiger partial charge in [-0.05, 0) is 51.4 Å². The molecule has 24 heavy (non-hydrogen) atoms. The van der Waals surface area contributed by atoms with Gasteiger partial charge >= 0.3 is 0 Å². The number of rotatable bonds is 5. The number of carbonyl (C=O) groups is 1. The molecule has 0 unspecified atom stereocenters. The number of alkyl halides is 1. The number of hydrogen-bond acceptors (Lipinski definition) is 4. The minimum absolute atomic E-state index is 0.0425. The van der Waals surface area contributed by atoms with Crippen molar-refractivity contribution in [3.8, 4) is 6.07 Å². The number of hydrogen-bond donors (Lipinski definition) is 1. The van der Waals surface area contributed by atoms with Crippen LogP contribution in [0.2, 0.25) is 0 Å². The number of nitrogens with one attached hydrogen (secondary N) is 1. The first kappa shape index (κ1) is 17.6. The number of halogens is 1. The maximum atomic E-state index is 13.5. The Morgan fingerprint density at radius 1 is 1.38 bits per heavy atom. The largest absolute Gasteiger partial charge is 0.378 e. The summed E-state index contributed by atoms with van der Waals surface area (Å²) in [5, 5.41) is 12.5. The lowest BCUT2D eigenvalue weighted by molar-refractivity contribution is -0.130. The van der Waals surface area contributed by atoms with E-state index in [4.69, 9.17) is 10.00 Å². The van der Waals surface area contributed by atoms with Gasteiger partial charge in [0, 0.05) is 18.6 Å². The third kappa shape index (κ3) is 3.57. The topological polar surface area (TPSA) is 65.4 Å². The Bertz CT molecular complexity index is 507. The summed E-state index contributed by atoms with van der Waals surface area (Å²) in [4.78, 5) is 13.8. The van der Waals surface area contributed by atoms with Gasteiger partial charge < -0.3 is 15.0 Å². The van der Waals surface area contributed by atoms with Crippen molar-refractivity contribution in [3.63, 3.8) is 0 Å². The highest BCUT2D eigenvalue weighted by molar-refractivity contribution is 5.79. The normalized spacial score (nSPS) is 41.4. The highest BCUT2D eigenvalue weighted by atomic mass is 19.1. The van der Waals surface area contributed by atoms with Crippen LogP contribution in [0.25, 0.3) is 0 Å². The van der Waals surface area contributed by atoms with Gasteiger partial charge in [0.05, 0.1) is 25.3 Å². The Morgan fingerprint density at radius 2 is 2.04 bits per heavy atom. The SMILES string of the molecule is CCO[C@@H]1C[C@@H]2C[C@](C)(NCC(=O)N3C[C@@H](F)C[C@H]3C#N)C[C@@H]2C1. The average molecular weight is 337 g/mol. The van der Waals surface area contributed by atoms with Crippen LogP contribution in [0.15, 0.2) is 0 Å². The molecule has 3 fully saturated rings. The summed E-state index contributed by atoms with van der Waals surface area (Å²) in [6.07, 6.45) is 3.83. The van der Waals surface area contributed by atoms with Crippen LogP contribution in [-0.2, 0) is 9.53 Å². The zero-order chi connectivity index (χ0) is 17.3. The fraction of sp³-hybridized carbons (Fsp3) is 0.889. The van der Waals surface area contributed by atoms with Gasteiger partial charge in [0.25, 0.3) is 0 Å². The van der Waals surface area contributed by atoms with E-state index in [0.717, 1.165) is 32.3 Å². The number of nitriles is 1. The number of ether oxygens (including phenoxy) is 1. The van der Waals surface area contributed by atoms with Gasteiger partial charge in [-0.25, -0.2) is 4.39 Å². The molecule has 5 nitrogen and oxygen atoms in total. The van der Waals surface area contributed by atoms with Gasteiger partial charge in [0.15, 0.2) is 0 Å². The molecule has 6 heteroatoms. The first-order chi connectivity index (χ1) is 11.4. The highest BCUT2D eigenvalue weighted by Crippen LogP contribution is 2.49. The molecule has 0 radical (unpaired) electrons. The molecule has 134 valence electrons. The number of carbonyl (C=O) groups excluding carboxylic acids is 1. The number of likely N-dealkylation sites (tertiary alicyclic amines) is 1. The first-order valence-corrected chi connectivity index (χ1v) is 9.14. The molecule has 0 aromatic heterocycles. The summed E-state index contributed by atoms with van der Waals surface area (Å²) in [7, 11) is 0. The lowest BCUT2D eigenvalue weighted by Gasteiger charge is -2.29. The standard InChI is InChI=1S/C18H28FN3O2/c1-3-24-16-4-12-7-18(2,8-13(12)5-16)21-10-17(23)22-11-14(19)6-15(22)9-20/h12-16,21H,3-8,10-11H2,1-2H3/t12-,13+,14-,15-,16-,18+/m0/s1. The molecule has 0 bridgehead atoms. The molecule has 1 saturated heterocycles. The van der Waals surface area contributed by atoms with Crippen LogP contribution < -0.4 is 5.32 Å². The summed E-state index contributed by atoms with van der Waals surface area (Å²) in [6.45, 7) is 5.24. The molecule has 1 amide bonds. The van der Waals surface area contributed by atoms with E-state index in [1.807, 2.05) is 13.0 Å². The fourth-order valence-electron chi connectivity index (χ4n) is 4.99. The van der Waals surface area contributed by atoms with Gasteiger partial charge in [-0.1, -0.05) is 0 Å². The molecule has 0 spiro atoms. The van der Waals surface area contributed by atoms with Crippen LogP contribution >= 0.6 is 0 Å². The predicted molar refractivity (Wildman–Crippen MR) is 87.9 cm³/mol. The second kappa shape index (κ2) is 6.97. The second-order valence-corrected chi connectivity index (χ2v) is 7.92. The third-order valence-corrected chi connectivity index (χ3v) is 6.01. The van der Waals surface area contributed by atoms with Crippen molar-refractivity contribution in [2.45, 2.75) is 69.8 Å². The van der Waals surface area contributed by atoms with E-state index in [0.29, 0.717) is 17.9 Å². The van der Waals surface area contributed by atoms with Gasteiger partial charge in [0.1, 0.15) is 12.2 Å². The van der Waals surface area contributed by atoms with Gasteiger partial charge in [-0.2, -0.15) is 5.26 Å². The van der Waals surface area contributed by atoms with Crippen molar-refractivity contribution in [3.05, 3.63) is 0 Å². The van der Waals surface area contributed by atoms with E-state index < -0.39 is 12.2 Å². The van der Waals surface area contributed by atoms with Crippen molar-refractivity contribution in [2.24, 2.45) is 11.8 Å². The molecule has 0 aromatic rings. The summed E-state index contributed by atoms with van der Waals surface area (Å²) in [5.41, 5.74) is -0.0425. The molecule has 1 heterocycles. The monoisotopic (exact) mass is 337 g/mol. The van der Waals surface area contributed by atoms with Crippen molar-refractivity contribution >= 4 is 5.91 Å². The van der Waals surface area contributed by atoms with Crippen LogP contribution in [-0.4, -0.2) is 54.4 Å². The van der Waals surface area contributed by atoms with Crippen LogP contribution in [0, 0.1) is 23.2 Å². The summed E-state index contributed by atoms with van der Waals surface area (Å²) in [5.74, 6) is 1.18. The van der Waals surface area contributed by atoms with E-state index in [-0.39, 0.29) is 31.0 Å². The summed E-state index contributed by atoms with van der Waals surface area (Å²) >= 11 is 0. The zero-order valence-electron chi connectivity index (χ0n) is 14.6. The molecule has 0 aromatic carbocycles. The van der Waals surface area contributed by atoms with E-state index in [2.05, 4.69) is 12.2 Å². The van der Waals surface area contributed by atoms with E-state index in [1.54, 1.807) is 0 Å². The molecule has 2 aliphatic carbocycles. The predicted octanol–water partition coefficient (Wildman–Crippen LogP) is 2.02. The zero-order valence-corrected chi connectivity index (χ0v) is 14.6. The smallest absolute Gasteiger partial charge is 0.237 e. The molecule has 2 saturated carbocycles. The fourth-order valence-corrected chi connectivity index (χ4v) is 4.99. The van der Waals surface area contributed by atoms with Crippen molar-refractivity contribution in [2.75, 3.05) is 19.7 Å². The minimum Gasteiger partial charge on any atom is -0.378 e. The highest BCUT2D eigenvalue weighted by Gasteiger charge is 2.47. The van der Waals surface area contributed by atoms with Crippen LogP contribution in [0.3, 0.4) is 0 Å². The molecule has 1 N–H and O–H groups in total. The van der Waals surface area contributed by atoms with Crippen LogP contribution in [0.4, 0.5) is 4.39 Å². The first-order valence-electron chi connectivity index (χ1n) is 9.14. The van der Waals surface area contributed by atoms with Crippen LogP contribution in [0.1, 0.15) is 46.0 Å². The Kier molecular flexibility index (Phi) is 5.12. The summed E-state index contributed by atoms with van der Waals surface area (Å²) in [6, 6.07) is 1.42. The molecular formula is C18H28FN3O2.